The number of nitrogens with zero attached hydrogens (tertiary/aromatic N) is 2. The molecule has 38 heavy (non-hydrogen) atoms. The summed E-state index contributed by atoms with van der Waals surface area (Å²) in [7, 11) is 1.75. The summed E-state index contributed by atoms with van der Waals surface area (Å²) in [5.41, 5.74) is 7.95. The van der Waals surface area contributed by atoms with Gasteiger partial charge >= 0.3 is 0 Å². The number of rotatable bonds is 12. The highest BCUT2D eigenvalue weighted by Gasteiger charge is 2.26. The first-order chi connectivity index (χ1) is 18.2. The summed E-state index contributed by atoms with van der Waals surface area (Å²) in [4.78, 5) is 37.3. The molecule has 3 amide bonds. The maximum Gasteiger partial charge on any atom is 0.236 e. The Morgan fingerprint density at radius 2 is 1.95 bits per heavy atom. The SMILES string of the molecule is C=C/C=C(C)\C=C/C.CNCC(=O)NC(C)C.NCC(=O)N(CCc1ccccc1)CC1CCCN1C=O. The lowest BCUT2D eigenvalue weighted by Crippen LogP contribution is -2.45. The van der Waals surface area contributed by atoms with Gasteiger partial charge in [0.05, 0.1) is 13.1 Å². The quantitative estimate of drug-likeness (QED) is 0.286. The molecule has 8 nitrogen and oxygen atoms in total. The van der Waals surface area contributed by atoms with Crippen molar-refractivity contribution >= 4 is 18.2 Å². The second kappa shape index (κ2) is 21.8. The minimum Gasteiger partial charge on any atom is -0.353 e. The maximum absolute atomic E-state index is 12.0. The van der Waals surface area contributed by atoms with Crippen molar-refractivity contribution in [2.75, 3.05) is 39.8 Å². The Balaban J connectivity index is 0.000000667. The zero-order chi connectivity index (χ0) is 28.8. The van der Waals surface area contributed by atoms with Crippen molar-refractivity contribution in [1.29, 1.82) is 0 Å². The molecule has 1 saturated heterocycles. The lowest BCUT2D eigenvalue weighted by atomic mass is 10.1. The number of hydrogen-bond acceptors (Lipinski definition) is 5. The fourth-order valence-electron chi connectivity index (χ4n) is 3.84. The minimum atomic E-state index is -0.0521. The molecular formula is C30H49N5O3. The molecule has 0 radical (unpaired) electrons. The number of allylic oxidation sites excluding steroid dienone is 5. The maximum atomic E-state index is 12.0. The molecule has 0 bridgehead atoms. The molecule has 0 aromatic heterocycles. The Morgan fingerprint density at radius 1 is 1.26 bits per heavy atom. The first-order valence-corrected chi connectivity index (χ1v) is 13.3. The molecule has 1 aromatic rings. The summed E-state index contributed by atoms with van der Waals surface area (Å²) < 4.78 is 0. The number of nitrogens with one attached hydrogen (secondary N) is 2. The fraction of sp³-hybridized carbons (Fsp3) is 0.500. The van der Waals surface area contributed by atoms with E-state index in [0.717, 1.165) is 32.2 Å². The average Bonchev–Trinajstić information content (AvgIpc) is 3.34. The van der Waals surface area contributed by atoms with Gasteiger partial charge in [-0.05, 0) is 59.6 Å². The van der Waals surface area contributed by atoms with Crippen molar-refractivity contribution in [2.45, 2.75) is 59.0 Å². The van der Waals surface area contributed by atoms with Crippen LogP contribution in [-0.2, 0) is 20.8 Å². The smallest absolute Gasteiger partial charge is 0.236 e. The molecule has 1 aliphatic heterocycles. The van der Waals surface area contributed by atoms with Crippen LogP contribution in [0.3, 0.4) is 0 Å². The van der Waals surface area contributed by atoms with Crippen LogP contribution in [0.5, 0.6) is 0 Å². The topological polar surface area (TPSA) is 108 Å². The van der Waals surface area contributed by atoms with Crippen molar-refractivity contribution in [3.63, 3.8) is 0 Å². The molecule has 1 aromatic carbocycles. The number of nitrogens with two attached hydrogens (primary N) is 1. The van der Waals surface area contributed by atoms with Crippen LogP contribution in [0.2, 0.25) is 0 Å². The Hall–Kier alpha value is -3.23. The molecule has 2 rings (SSSR count). The highest BCUT2D eigenvalue weighted by atomic mass is 16.2. The molecule has 1 heterocycles. The van der Waals surface area contributed by atoms with Crippen molar-refractivity contribution in [3.8, 4) is 0 Å². The molecule has 1 unspecified atom stereocenters. The van der Waals surface area contributed by atoms with Gasteiger partial charge in [-0.15, -0.1) is 0 Å². The monoisotopic (exact) mass is 527 g/mol. The van der Waals surface area contributed by atoms with E-state index in [1.807, 2.05) is 64.1 Å². The Kier molecular flexibility index (Phi) is 20.0. The van der Waals surface area contributed by atoms with Crippen molar-refractivity contribution in [1.82, 2.24) is 20.4 Å². The standard InChI is InChI=1S/C16H23N3O2.C8H12.C6H14N2O/c17-11-16(21)18(10-8-14-5-2-1-3-6-14)12-15-7-4-9-19(15)13-20;1-4-6-8(3)7-5-2;1-5(2)8-6(9)4-7-3/h1-3,5-6,13,15H,4,7-12,17H2;4-7H,1H2,2-3H3;5,7H,4H2,1-3H3,(H,8,9)/b;7-5-,8-6-;. The lowest BCUT2D eigenvalue weighted by Gasteiger charge is -2.29. The van der Waals surface area contributed by atoms with Crippen LogP contribution < -0.4 is 16.4 Å². The molecule has 0 aliphatic carbocycles. The second-order valence-corrected chi connectivity index (χ2v) is 9.32. The summed E-state index contributed by atoms with van der Waals surface area (Å²) in [6, 6.07) is 10.5. The van der Waals surface area contributed by atoms with Crippen LogP contribution in [0.15, 0.2) is 66.8 Å². The van der Waals surface area contributed by atoms with Gasteiger partial charge in [0, 0.05) is 31.7 Å². The summed E-state index contributed by atoms with van der Waals surface area (Å²) in [5, 5.41) is 5.50. The van der Waals surface area contributed by atoms with E-state index >= 15 is 0 Å². The van der Waals surface area contributed by atoms with Crippen LogP contribution in [0, 0.1) is 0 Å². The Labute approximate surface area is 230 Å². The Bertz CT molecular complexity index is 868. The molecule has 1 aliphatic rings. The van der Waals surface area contributed by atoms with Crippen LogP contribution in [-0.4, -0.2) is 79.9 Å². The lowest BCUT2D eigenvalue weighted by molar-refractivity contribution is -0.131. The number of likely N-dealkylation sites (N-methyl/N-ethyl adjacent to an activating group) is 1. The largest absolute Gasteiger partial charge is 0.353 e. The molecular weight excluding hydrogens is 478 g/mol. The highest BCUT2D eigenvalue weighted by molar-refractivity contribution is 5.78. The van der Waals surface area contributed by atoms with E-state index in [4.69, 9.17) is 5.73 Å². The van der Waals surface area contributed by atoms with Gasteiger partial charge in [0.1, 0.15) is 0 Å². The highest BCUT2D eigenvalue weighted by Crippen LogP contribution is 2.16. The molecule has 4 N–H and O–H groups in total. The first kappa shape index (κ1) is 34.8. The normalized spacial score (nSPS) is 14.8. The molecule has 1 atom stereocenters. The fourth-order valence-corrected chi connectivity index (χ4v) is 3.84. The third kappa shape index (κ3) is 16.5. The van der Waals surface area contributed by atoms with E-state index in [-0.39, 0.29) is 30.4 Å². The Morgan fingerprint density at radius 3 is 2.47 bits per heavy atom. The predicted molar refractivity (Wildman–Crippen MR) is 158 cm³/mol. The van der Waals surface area contributed by atoms with E-state index < -0.39 is 0 Å². The van der Waals surface area contributed by atoms with E-state index in [9.17, 15) is 14.4 Å². The van der Waals surface area contributed by atoms with Gasteiger partial charge < -0.3 is 26.2 Å². The number of amides is 3. The van der Waals surface area contributed by atoms with Gasteiger partial charge in [-0.2, -0.15) is 0 Å². The van der Waals surface area contributed by atoms with E-state index in [1.165, 1.54) is 11.1 Å². The van der Waals surface area contributed by atoms with Crippen LogP contribution in [0.1, 0.15) is 46.1 Å². The minimum absolute atomic E-state index is 0.0165. The van der Waals surface area contributed by atoms with E-state index in [0.29, 0.717) is 19.6 Å². The number of benzene rings is 1. The summed E-state index contributed by atoms with van der Waals surface area (Å²) in [6.07, 6.45) is 11.5. The molecule has 0 spiro atoms. The number of carbonyl (C=O) groups excluding carboxylic acids is 3. The van der Waals surface area contributed by atoms with Crippen LogP contribution >= 0.6 is 0 Å². The molecule has 212 valence electrons. The van der Waals surface area contributed by atoms with E-state index in [1.54, 1.807) is 22.9 Å². The average molecular weight is 528 g/mol. The number of likely N-dealkylation sites (tertiary alicyclic amines) is 1. The second-order valence-electron chi connectivity index (χ2n) is 9.32. The third-order valence-electron chi connectivity index (χ3n) is 5.63. The van der Waals surface area contributed by atoms with Crippen molar-refractivity contribution < 1.29 is 14.4 Å². The van der Waals surface area contributed by atoms with Crippen LogP contribution in [0.4, 0.5) is 0 Å². The van der Waals surface area contributed by atoms with Crippen molar-refractivity contribution in [3.05, 3.63) is 72.4 Å². The van der Waals surface area contributed by atoms with E-state index in [2.05, 4.69) is 29.3 Å². The summed E-state index contributed by atoms with van der Waals surface area (Å²) in [5.74, 6) is -0.00354. The predicted octanol–water partition coefficient (Wildman–Crippen LogP) is 3.06. The molecule has 0 saturated carbocycles. The molecule has 1 fully saturated rings. The van der Waals surface area contributed by atoms with Gasteiger partial charge in [0.25, 0.3) is 0 Å². The number of carbonyl (C=O) groups is 3. The summed E-state index contributed by atoms with van der Waals surface area (Å²) in [6.45, 7) is 13.9. The van der Waals surface area contributed by atoms with Crippen LogP contribution in [0.25, 0.3) is 0 Å². The van der Waals surface area contributed by atoms with Gasteiger partial charge in [-0.1, -0.05) is 66.8 Å². The zero-order valence-corrected chi connectivity index (χ0v) is 24.0. The first-order valence-electron chi connectivity index (χ1n) is 13.3. The number of hydrogen-bond donors (Lipinski definition) is 3. The van der Waals surface area contributed by atoms with Gasteiger partial charge in [0.2, 0.25) is 18.2 Å². The molecule has 8 heteroatoms. The van der Waals surface area contributed by atoms with Gasteiger partial charge in [-0.25, -0.2) is 0 Å². The third-order valence-corrected chi connectivity index (χ3v) is 5.63. The van der Waals surface area contributed by atoms with Gasteiger partial charge in [-0.3, -0.25) is 14.4 Å². The van der Waals surface area contributed by atoms with Gasteiger partial charge in [0.15, 0.2) is 0 Å². The summed E-state index contributed by atoms with van der Waals surface area (Å²) >= 11 is 0. The zero-order valence-electron chi connectivity index (χ0n) is 24.0. The van der Waals surface area contributed by atoms with Crippen molar-refractivity contribution in [2.24, 2.45) is 5.73 Å².